The molecule has 3 heterocycles. The van der Waals surface area contributed by atoms with Gasteiger partial charge in [0.15, 0.2) is 5.69 Å². The fraction of sp³-hybridized carbons (Fsp3) is 0.350. The van der Waals surface area contributed by atoms with Crippen LogP contribution in [0, 0.1) is 6.92 Å². The number of carbonyl (C=O) groups excluding carboxylic acids is 2. The quantitative estimate of drug-likeness (QED) is 0.131. The topological polar surface area (TPSA) is 124 Å². The molecule has 3 aromatic carbocycles. The van der Waals surface area contributed by atoms with Crippen LogP contribution < -0.4 is 5.32 Å². The lowest BCUT2D eigenvalue weighted by Gasteiger charge is -2.39. The van der Waals surface area contributed by atoms with Gasteiger partial charge >= 0.3 is 0 Å². The maximum Gasteiger partial charge on any atom is 0.274 e. The number of pyridine rings is 1. The molecule has 10 heteroatoms. The molecule has 10 nitrogen and oxygen atoms in total. The number of aliphatic hydroxyl groups is 2. The Kier molecular flexibility index (Phi) is 11.0. The molecule has 0 spiro atoms. The van der Waals surface area contributed by atoms with Crippen molar-refractivity contribution in [2.45, 2.75) is 71.7 Å². The summed E-state index contributed by atoms with van der Waals surface area (Å²) < 4.78 is 1.69. The lowest BCUT2D eigenvalue weighted by molar-refractivity contribution is -0.0529. The third-order valence-electron chi connectivity index (χ3n) is 9.53. The maximum atomic E-state index is 13.7. The zero-order valence-electron chi connectivity index (χ0n) is 29.0. The highest BCUT2D eigenvalue weighted by atomic mass is 16.3. The summed E-state index contributed by atoms with van der Waals surface area (Å²) in [5.74, 6) is -0.498. The molecule has 2 amide bonds. The predicted octanol–water partition coefficient (Wildman–Crippen LogP) is 6.43. The van der Waals surface area contributed by atoms with Crippen LogP contribution in [0.5, 0.6) is 0 Å². The molecule has 1 aliphatic heterocycles. The number of anilines is 1. The van der Waals surface area contributed by atoms with Crippen molar-refractivity contribution in [3.8, 4) is 5.69 Å². The van der Waals surface area contributed by atoms with E-state index < -0.39 is 6.23 Å². The summed E-state index contributed by atoms with van der Waals surface area (Å²) in [5, 5.41) is 32.2. The zero-order chi connectivity index (χ0) is 35.2. The summed E-state index contributed by atoms with van der Waals surface area (Å²) in [6.45, 7) is 7.73. The molecule has 5 aromatic rings. The smallest absolute Gasteiger partial charge is 0.274 e. The number of rotatable bonds is 13. The van der Waals surface area contributed by atoms with Gasteiger partial charge in [0.1, 0.15) is 11.9 Å². The molecule has 1 unspecified atom stereocenters. The Labute approximate surface area is 293 Å². The number of nitrogens with zero attached hydrogens (tertiary/aromatic N) is 5. The fourth-order valence-electron chi connectivity index (χ4n) is 6.67. The van der Waals surface area contributed by atoms with Gasteiger partial charge in [0.05, 0.1) is 12.3 Å². The summed E-state index contributed by atoms with van der Waals surface area (Å²) in [5.41, 5.74) is 5.07. The van der Waals surface area contributed by atoms with E-state index in [4.69, 9.17) is 5.10 Å². The largest absolute Gasteiger partial charge is 0.395 e. The van der Waals surface area contributed by atoms with Gasteiger partial charge in [-0.3, -0.25) is 19.5 Å². The van der Waals surface area contributed by atoms with Crippen LogP contribution in [-0.2, 0) is 13.0 Å². The molecule has 0 radical (unpaired) electrons. The third-order valence-corrected chi connectivity index (χ3v) is 9.53. The van der Waals surface area contributed by atoms with Gasteiger partial charge in [-0.2, -0.15) is 5.10 Å². The number of unbranched alkanes of at least 4 members (excludes halogenated alkanes) is 2. The lowest BCUT2D eigenvalue weighted by atomic mass is 9.93. The van der Waals surface area contributed by atoms with E-state index in [0.717, 1.165) is 53.3 Å². The van der Waals surface area contributed by atoms with Crippen molar-refractivity contribution >= 4 is 28.3 Å². The van der Waals surface area contributed by atoms with Crippen molar-refractivity contribution < 1.29 is 19.8 Å². The Morgan fingerprint density at radius 1 is 0.920 bits per heavy atom. The molecule has 0 saturated heterocycles. The van der Waals surface area contributed by atoms with Gasteiger partial charge in [0, 0.05) is 54.2 Å². The zero-order valence-corrected chi connectivity index (χ0v) is 29.0. The fourth-order valence-corrected chi connectivity index (χ4v) is 6.67. The second kappa shape index (κ2) is 15.8. The first kappa shape index (κ1) is 34.9. The van der Waals surface area contributed by atoms with Gasteiger partial charge in [0.2, 0.25) is 0 Å². The van der Waals surface area contributed by atoms with E-state index >= 15 is 0 Å². The van der Waals surface area contributed by atoms with Crippen LogP contribution in [0.3, 0.4) is 0 Å². The second-order valence-electron chi connectivity index (χ2n) is 13.1. The van der Waals surface area contributed by atoms with Crippen LogP contribution in [0.15, 0.2) is 85.1 Å². The number of aryl methyl sites for hydroxylation is 1. The first-order valence-corrected chi connectivity index (χ1v) is 17.6. The number of aromatic nitrogens is 3. The SMILES string of the molecule is CCCCN(CCCC)C(=O)c1cc(C)n(-c2ccc(NC(=O)c3cc4ccccc4cn3)cc2C(O)N2Cc3ccccc3C[C@H]2CO)n1. The first-order chi connectivity index (χ1) is 24.3. The number of fused-ring (bicyclic) bond motifs is 2. The Morgan fingerprint density at radius 2 is 1.62 bits per heavy atom. The average molecular weight is 675 g/mol. The molecule has 0 fully saturated rings. The number of nitrogens with one attached hydrogen (secondary N) is 1. The van der Waals surface area contributed by atoms with E-state index in [-0.39, 0.29) is 30.2 Å². The molecule has 0 bridgehead atoms. The van der Waals surface area contributed by atoms with Crippen LogP contribution >= 0.6 is 0 Å². The predicted molar refractivity (Wildman–Crippen MR) is 195 cm³/mol. The lowest BCUT2D eigenvalue weighted by Crippen LogP contribution is -2.45. The van der Waals surface area contributed by atoms with Crippen molar-refractivity contribution in [2.75, 3.05) is 25.0 Å². The molecule has 50 heavy (non-hydrogen) atoms. The minimum Gasteiger partial charge on any atom is -0.395 e. The van der Waals surface area contributed by atoms with E-state index in [1.54, 1.807) is 41.2 Å². The van der Waals surface area contributed by atoms with Crippen molar-refractivity contribution in [3.05, 3.63) is 119 Å². The molecule has 260 valence electrons. The Hall–Kier alpha value is -4.90. The van der Waals surface area contributed by atoms with E-state index in [1.807, 2.05) is 59.2 Å². The highest BCUT2D eigenvalue weighted by Crippen LogP contribution is 2.34. The summed E-state index contributed by atoms with van der Waals surface area (Å²) in [4.78, 5) is 35.3. The van der Waals surface area contributed by atoms with Crippen molar-refractivity contribution in [3.63, 3.8) is 0 Å². The van der Waals surface area contributed by atoms with Crippen molar-refractivity contribution in [1.29, 1.82) is 0 Å². The highest BCUT2D eigenvalue weighted by molar-refractivity contribution is 6.04. The molecule has 3 N–H and O–H groups in total. The molecule has 2 aromatic heterocycles. The Morgan fingerprint density at radius 3 is 2.34 bits per heavy atom. The van der Waals surface area contributed by atoms with Crippen molar-refractivity contribution in [1.82, 2.24) is 24.6 Å². The molecular weight excluding hydrogens is 628 g/mol. The number of hydrogen-bond acceptors (Lipinski definition) is 7. The van der Waals surface area contributed by atoms with Crippen molar-refractivity contribution in [2.24, 2.45) is 0 Å². The standard InChI is InChI=1S/C40H46N6O4/c1-4-6-18-44(19-7-5-2)40(50)36-20-27(3)46(43-36)37-17-16-32(42-38(48)35-22-29-13-8-10-14-30(29)24-41-35)23-34(37)39(49)45-25-31-15-11-9-12-28(31)21-33(45)26-47/h8-17,20,22-24,33,39,47,49H,4-7,18-19,21,25-26H2,1-3H3,(H,42,48)/t33-,39?/m0/s1. The number of benzene rings is 3. The number of hydrogen-bond donors (Lipinski definition) is 3. The average Bonchev–Trinajstić information content (AvgIpc) is 3.54. The first-order valence-electron chi connectivity index (χ1n) is 17.6. The van der Waals surface area contributed by atoms with Crippen LogP contribution in [-0.4, -0.2) is 72.3 Å². The van der Waals surface area contributed by atoms with Gasteiger partial charge in [-0.15, -0.1) is 0 Å². The highest BCUT2D eigenvalue weighted by Gasteiger charge is 2.33. The number of carbonyl (C=O) groups is 2. The minimum atomic E-state index is -1.17. The monoisotopic (exact) mass is 674 g/mol. The molecular formula is C40H46N6O4. The Balaban J connectivity index is 1.37. The normalized spacial score (nSPS) is 15.1. The van der Waals surface area contributed by atoms with Crippen LogP contribution in [0.1, 0.15) is 89.1 Å². The molecule has 2 atom stereocenters. The van der Waals surface area contributed by atoms with Gasteiger partial charge < -0.3 is 20.4 Å². The van der Waals surface area contributed by atoms with Crippen LogP contribution in [0.2, 0.25) is 0 Å². The van der Waals surface area contributed by atoms with E-state index in [1.165, 1.54) is 0 Å². The number of aliphatic hydroxyl groups excluding tert-OH is 2. The van der Waals surface area contributed by atoms with E-state index in [9.17, 15) is 19.8 Å². The summed E-state index contributed by atoms with van der Waals surface area (Å²) in [6, 6.07) is 24.3. The summed E-state index contributed by atoms with van der Waals surface area (Å²) in [6.07, 6.45) is 4.89. The maximum absolute atomic E-state index is 13.7. The molecule has 0 aliphatic carbocycles. The minimum absolute atomic E-state index is 0.115. The van der Waals surface area contributed by atoms with E-state index in [2.05, 4.69) is 30.2 Å². The summed E-state index contributed by atoms with van der Waals surface area (Å²) in [7, 11) is 0. The summed E-state index contributed by atoms with van der Waals surface area (Å²) >= 11 is 0. The second-order valence-corrected chi connectivity index (χ2v) is 13.1. The van der Waals surface area contributed by atoms with Crippen LogP contribution in [0.25, 0.3) is 16.5 Å². The van der Waals surface area contributed by atoms with Gasteiger partial charge in [-0.05, 0) is 73.0 Å². The Bertz CT molecular complexity index is 1960. The van der Waals surface area contributed by atoms with Gasteiger partial charge in [0.25, 0.3) is 11.8 Å². The third kappa shape index (κ3) is 7.47. The molecule has 1 aliphatic rings. The molecule has 0 saturated carbocycles. The van der Waals surface area contributed by atoms with Gasteiger partial charge in [-0.25, -0.2) is 4.68 Å². The number of amides is 2. The molecule has 6 rings (SSSR count). The van der Waals surface area contributed by atoms with Gasteiger partial charge in [-0.1, -0.05) is 75.2 Å². The van der Waals surface area contributed by atoms with E-state index in [0.29, 0.717) is 48.7 Å². The van der Waals surface area contributed by atoms with Crippen LogP contribution in [0.4, 0.5) is 5.69 Å².